The number of hydrogen-bond acceptors (Lipinski definition) is 13. The number of H-pyrrole nitrogens is 1. The van der Waals surface area contributed by atoms with E-state index < -0.39 is 134 Å². The minimum atomic E-state index is -0.581. The molecule has 110 heavy (non-hydrogen) atoms. The van der Waals surface area contributed by atoms with Gasteiger partial charge in [-0.3, -0.25) is 24.2 Å². The van der Waals surface area contributed by atoms with E-state index in [9.17, 15) is 24.0 Å². The number of rotatable bonds is 29. The zero-order valence-electron chi connectivity index (χ0n) is 56.7. The number of aryl methyl sites for hydroxylation is 1. The SMILES string of the molecule is CCCCBr.CCOC(=O)c1c2c(nn1CCCNC(=O)OC(C)(C)C)CCN(C(=O)c1ccc(Cl)c(Cl)c1)C2.CCOC(=O)c1n[nH]c2c1CN(C(=O)c1ccc(Cl)c(Cl)c1)CC2.II(I)I(I)I(I)I(I)I(I)I(I)I.II(I)I(I)I(I)I(I)I(I)I(I)I(I)I(I)I(I)I(I)I(I)I(I)I.O=CO[O-].[Cs+].[Cs+].[H-]. The number of aromatic amines is 1. The summed E-state index contributed by atoms with van der Waals surface area (Å²) in [6.45, 7) is 13.6. The molecule has 0 fully saturated rings. The molecule has 3 amide bonds. The van der Waals surface area contributed by atoms with Gasteiger partial charge >= 0.3 is 707 Å². The van der Waals surface area contributed by atoms with E-state index in [4.69, 9.17) is 70.7 Å². The van der Waals surface area contributed by atoms with Crippen LogP contribution in [0.25, 0.3) is 0 Å². The summed E-state index contributed by atoms with van der Waals surface area (Å²) in [5, 5.41) is 25.2. The van der Waals surface area contributed by atoms with Crippen molar-refractivity contribution in [3.8, 4) is 0 Å². The molecule has 0 saturated heterocycles. The molecule has 18 nitrogen and oxygen atoms in total. The number of carbonyl (C=O) groups is 6. The normalized spacial score (nSPS) is 14.2. The molecule has 2 aliphatic rings. The average Bonchev–Trinajstić information content (AvgIpc) is 1.64. The van der Waals surface area contributed by atoms with E-state index in [0.29, 0.717) is 100 Å². The molecular weight excluding hydrogens is 6380 g/mol. The van der Waals surface area contributed by atoms with Crippen LogP contribution in [0.4, 0.5) is 4.79 Å². The first kappa shape index (κ1) is 140. The number of benzene rings is 2. The van der Waals surface area contributed by atoms with Crippen LogP contribution in [0.5, 0.6) is 0 Å². The molecule has 2 aromatic heterocycles. The minimum Gasteiger partial charge on any atom is -1.00 e. The largest absolute Gasteiger partial charge is 1.00 e. The summed E-state index contributed by atoms with van der Waals surface area (Å²) in [5.74, 6) is -1.36. The van der Waals surface area contributed by atoms with Crippen LogP contribution in [0, 0.1) is 0 Å². The van der Waals surface area contributed by atoms with Crippen LogP contribution >= 0.6 is 614 Å². The summed E-state index contributed by atoms with van der Waals surface area (Å²) in [4.78, 5) is 77.0. The maximum absolute atomic E-state index is 13.1. The number of alkyl halides is 1. The van der Waals surface area contributed by atoms with Crippen molar-refractivity contribution < 1.29 is 192 Å². The zero-order chi connectivity index (χ0) is 82.9. The Hall–Kier alpha value is 28.4. The number of amides is 3. The van der Waals surface area contributed by atoms with Gasteiger partial charge in [0.1, 0.15) is 5.60 Å². The molecule has 0 bridgehead atoms. The van der Waals surface area contributed by atoms with Gasteiger partial charge in [-0.25, -0.2) is 14.4 Å². The predicted octanol–water partition coefficient (Wildman–Crippen LogP) is 37.7. The quantitative estimate of drug-likeness (QED) is 0.00754. The Labute approximate surface area is 1070 Å². The standard InChI is InChI=1S/C24H30Cl2N4O5.C16H15Cl2N3O3.C4H9Br.CH2O3.2Cs.I26.I14.H/c1-5-34-22(32)20-16-14-29(21(31)15-7-8-17(25)18(26)13-15)12-9-19(16)28-30(20)11-6-10-27-23(33)35-24(2,3)4;1-2-24-16(23)14-10-8-21(6-5-13(10)19-20-14)15(22)9-3-4-11(17)12(18)7-9;1-2-3-4-5;2-1-4-3;;;1-15(2)17(5)19(7)21(9)23(11)25(13)26(14)24(12)22(10)20(8)18(6)16(3)4;1-9(2)11(5)13(7)14(8)12(6)10(3)4;/h7-8,13H,5-6,9-12,14H2,1-4H3,(H,27,33);3-4,7H,2,5-6,8H2,1H3,(H,19,20);2-4H2,1H3;1,3H;;;;;/q;;;;2*+1;;;-1/p-1. The van der Waals surface area contributed by atoms with Gasteiger partial charge in [0.15, 0.2) is 11.4 Å². The third kappa shape index (κ3) is 56.5. The second-order valence-corrected chi connectivity index (χ2v) is 898. The van der Waals surface area contributed by atoms with Gasteiger partial charge in [-0.2, -0.15) is 10.2 Å². The Kier molecular flexibility index (Phi) is 104. The summed E-state index contributed by atoms with van der Waals surface area (Å²) < 4.78 is 17.1. The van der Waals surface area contributed by atoms with E-state index >= 15 is 0 Å². The Morgan fingerprint density at radius 1 is 0.573 bits per heavy atom. The number of esters is 2. The number of aromatic nitrogens is 4. The van der Waals surface area contributed by atoms with Crippen LogP contribution in [-0.2, 0) is 56.4 Å². The van der Waals surface area contributed by atoms with E-state index in [1.54, 1.807) is 79.4 Å². The summed E-state index contributed by atoms with van der Waals surface area (Å²) in [7, 11) is -7.48. The maximum atomic E-state index is 13.1. The zero-order valence-corrected chi connectivity index (χ0v) is 159. The van der Waals surface area contributed by atoms with E-state index in [-0.39, 0.29) is 215 Å². The molecule has 0 spiro atoms. The monoisotopic (exact) mass is 6430 g/mol. The molecule has 2 aliphatic heterocycles. The molecule has 4 heterocycles. The van der Waals surface area contributed by atoms with E-state index in [0.717, 1.165) is 16.7 Å². The van der Waals surface area contributed by atoms with Crippen molar-refractivity contribution >= 4 is 650 Å². The maximum Gasteiger partial charge on any atom is 1.00 e. The number of nitrogens with zero attached hydrogens (tertiary/aromatic N) is 5. The fraction of sp³-hybridized carbons (Fsp3) is 0.467. The Balaban J connectivity index is -0.00000138. The molecule has 65 heteroatoms. The van der Waals surface area contributed by atoms with E-state index in [2.05, 4.69) is 458 Å². The number of ether oxygens (including phenoxy) is 3. The Bertz CT molecular complexity index is 3390. The van der Waals surface area contributed by atoms with Gasteiger partial charge in [0, 0.05) is 72.3 Å². The van der Waals surface area contributed by atoms with Gasteiger partial charge in [0.25, 0.3) is 18.3 Å². The molecule has 2 N–H and O–H groups in total. The second-order valence-electron chi connectivity index (χ2n) is 18.6. The molecular formula is C45H56BrCl4Cs2I40N7O11. The summed E-state index contributed by atoms with van der Waals surface area (Å²) >= 11 is 94.1. The van der Waals surface area contributed by atoms with Crippen LogP contribution in [0.3, 0.4) is 0 Å². The van der Waals surface area contributed by atoms with Crippen molar-refractivity contribution in [3.05, 3.63) is 102 Å². The van der Waals surface area contributed by atoms with Crippen molar-refractivity contribution in [3.63, 3.8) is 0 Å². The van der Waals surface area contributed by atoms with Crippen molar-refractivity contribution in [2.45, 2.75) is 98.9 Å². The summed E-state index contributed by atoms with van der Waals surface area (Å²) in [6.07, 6.45) is 3.72. The molecule has 0 saturated carbocycles. The van der Waals surface area contributed by atoms with Gasteiger partial charge < -0.3 is 40.9 Å². The first-order valence-corrected chi connectivity index (χ1v) is 268. The second kappa shape index (κ2) is 81.2. The average molecular weight is 6430 g/mol. The molecule has 654 valence electrons. The van der Waals surface area contributed by atoms with Crippen molar-refractivity contribution in [2.24, 2.45) is 0 Å². The van der Waals surface area contributed by atoms with Crippen molar-refractivity contribution in [2.75, 3.05) is 38.2 Å². The van der Waals surface area contributed by atoms with Crippen molar-refractivity contribution in [1.29, 1.82) is 0 Å². The smallest absolute Gasteiger partial charge is 1.00 e. The minimum absolute atomic E-state index is 0. The van der Waals surface area contributed by atoms with Crippen molar-refractivity contribution in [1.82, 2.24) is 35.1 Å². The van der Waals surface area contributed by atoms with Gasteiger partial charge in [-0.05, 0) is 83.9 Å². The van der Waals surface area contributed by atoms with Gasteiger partial charge in [0.2, 0.25) is 0 Å². The number of unbranched alkanes of at least 4 members (excludes halogenated alkanes) is 1. The number of carbonyl (C=O) groups excluding carboxylic acids is 6. The van der Waals surface area contributed by atoms with Gasteiger partial charge in [-0.15, -0.1) is 0 Å². The van der Waals surface area contributed by atoms with Crippen LogP contribution in [0.1, 0.15) is 126 Å². The molecule has 4 aromatic rings. The predicted molar refractivity (Wildman–Crippen MR) is 819 cm³/mol. The Morgan fingerprint density at radius 3 is 1.26 bits per heavy atom. The first-order chi connectivity index (χ1) is 50.4. The topological polar surface area (TPSA) is 227 Å². The van der Waals surface area contributed by atoms with Gasteiger partial charge in [-0.1, -0.05) is 75.7 Å². The van der Waals surface area contributed by atoms with Crippen LogP contribution in [0.2, 0.25) is 20.1 Å². The molecule has 0 atom stereocenters. The molecule has 6 rings (SSSR count). The summed E-state index contributed by atoms with van der Waals surface area (Å²) in [6, 6.07) is 9.51. The van der Waals surface area contributed by atoms with Gasteiger partial charge in [0.05, 0.1) is 52.1 Å². The molecule has 0 unspecified atom stereocenters. The summed E-state index contributed by atoms with van der Waals surface area (Å²) in [5.41, 5.74) is 3.83. The Morgan fingerprint density at radius 2 is 0.936 bits per heavy atom. The van der Waals surface area contributed by atoms with Crippen LogP contribution in [-0.4, -0.2) is 110 Å². The van der Waals surface area contributed by atoms with E-state index in [1.807, 2.05) is 0 Å². The first-order valence-electron chi connectivity index (χ1n) is 27.0. The number of alkyl carbamates (subject to hydrolysis) is 1. The third-order valence-electron chi connectivity index (χ3n) is 10.9. The number of hydrogen-bond donors (Lipinski definition) is 2. The van der Waals surface area contributed by atoms with E-state index in [1.165, 1.54) is 18.9 Å². The van der Waals surface area contributed by atoms with Crippen LogP contribution in [0.15, 0.2) is 36.4 Å². The number of halogens is 45. The molecule has 2 aromatic carbocycles. The molecule has 0 aliphatic carbocycles. The third-order valence-corrected chi connectivity index (χ3v) is 2660. The van der Waals surface area contributed by atoms with Crippen LogP contribution < -0.4 is 148 Å². The fourth-order valence-corrected chi connectivity index (χ4v) is 5880. The molecule has 0 radical (unpaired) electrons. The fourth-order valence-electron chi connectivity index (χ4n) is 6.95. The number of nitrogens with one attached hydrogen (secondary N) is 2. The number of fused-ring (bicyclic) bond motifs is 2.